The van der Waals surface area contributed by atoms with Crippen LogP contribution in [0.5, 0.6) is 0 Å². The predicted molar refractivity (Wildman–Crippen MR) is 171 cm³/mol. The molecule has 0 aromatic heterocycles. The molecule has 0 aliphatic heterocycles. The molecule has 0 radical (unpaired) electrons. The van der Waals surface area contributed by atoms with E-state index >= 15 is 0 Å². The lowest BCUT2D eigenvalue weighted by atomic mass is 9.59. The molecule has 214 valence electrons. The summed E-state index contributed by atoms with van der Waals surface area (Å²) in [7, 11) is 0. The molecule has 0 saturated heterocycles. The average Bonchev–Trinajstić information content (AvgIpc) is 3.28. The Morgan fingerprint density at radius 3 is 2.52 bits per heavy atom. The second kappa shape index (κ2) is 13.1. The second-order valence-corrected chi connectivity index (χ2v) is 13.2. The van der Waals surface area contributed by atoms with Gasteiger partial charge in [-0.3, -0.25) is 4.79 Å². The van der Waals surface area contributed by atoms with Crippen LogP contribution in [0.2, 0.25) is 5.02 Å². The van der Waals surface area contributed by atoms with Crippen LogP contribution < -0.4 is 5.32 Å². The number of allylic oxidation sites excluding steroid dienone is 4. The van der Waals surface area contributed by atoms with Crippen molar-refractivity contribution in [3.05, 3.63) is 87.5 Å². The van der Waals surface area contributed by atoms with E-state index in [0.717, 1.165) is 48.2 Å². The van der Waals surface area contributed by atoms with Gasteiger partial charge in [0.1, 0.15) is 6.29 Å². The summed E-state index contributed by atoms with van der Waals surface area (Å²) in [5.74, 6) is 0.665. The van der Waals surface area contributed by atoms with Gasteiger partial charge in [-0.1, -0.05) is 67.3 Å². The van der Waals surface area contributed by atoms with E-state index in [0.29, 0.717) is 5.92 Å². The van der Waals surface area contributed by atoms with E-state index in [1.165, 1.54) is 81.8 Å². The van der Waals surface area contributed by atoms with E-state index in [1.807, 2.05) is 18.2 Å². The van der Waals surface area contributed by atoms with Gasteiger partial charge in [0.05, 0.1) is 0 Å². The van der Waals surface area contributed by atoms with Crippen molar-refractivity contribution in [3.63, 3.8) is 0 Å². The summed E-state index contributed by atoms with van der Waals surface area (Å²) in [6.07, 6.45) is 24.4. The van der Waals surface area contributed by atoms with Crippen LogP contribution in [-0.2, 0) is 11.8 Å². The number of hydrogen-bond donors (Lipinski definition) is 1. The topological polar surface area (TPSA) is 29.1 Å². The molecule has 2 saturated carbocycles. The Hall–Kier alpha value is -2.32. The van der Waals surface area contributed by atoms with Gasteiger partial charge >= 0.3 is 0 Å². The highest BCUT2D eigenvalue weighted by Crippen LogP contribution is 2.56. The van der Waals surface area contributed by atoms with Crippen molar-refractivity contribution in [1.29, 1.82) is 0 Å². The molecule has 5 rings (SSSR count). The maximum absolute atomic E-state index is 11.8. The molecule has 1 unspecified atom stereocenters. The molecule has 1 N–H and O–H groups in total. The largest absolute Gasteiger partial charge is 0.380 e. The number of carbonyl (C=O) groups is 1. The summed E-state index contributed by atoms with van der Waals surface area (Å²) in [6, 6.07) is 14.7. The molecule has 2 nitrogen and oxygen atoms in total. The van der Waals surface area contributed by atoms with Gasteiger partial charge < -0.3 is 5.32 Å². The van der Waals surface area contributed by atoms with E-state index in [1.54, 1.807) is 11.1 Å². The number of benzene rings is 2. The first-order valence-electron chi connectivity index (χ1n) is 16.0. The first-order valence-corrected chi connectivity index (χ1v) is 16.3. The zero-order valence-electron chi connectivity index (χ0n) is 24.7. The van der Waals surface area contributed by atoms with Crippen LogP contribution in [0, 0.1) is 5.92 Å². The Kier molecular flexibility index (Phi) is 9.56. The van der Waals surface area contributed by atoms with Gasteiger partial charge in [0.25, 0.3) is 0 Å². The Morgan fingerprint density at radius 2 is 1.82 bits per heavy atom. The fraction of sp³-hybridized carbons (Fsp3) is 0.541. The van der Waals surface area contributed by atoms with E-state index in [4.69, 9.17) is 11.6 Å². The third-order valence-electron chi connectivity index (χ3n) is 10.6. The normalized spacial score (nSPS) is 26.3. The molecule has 3 aliphatic carbocycles. The van der Waals surface area contributed by atoms with Crippen LogP contribution in [0.4, 0.5) is 5.69 Å². The highest BCUT2D eigenvalue weighted by atomic mass is 35.5. The third kappa shape index (κ3) is 6.28. The SMILES string of the molecule is C/C=C\C(CCCCC1Cc2ccc(C=O)cc2C12CCC(CC)(Nc1cccc(Cl)c1)CC2)=C1CCCCC1. The fourth-order valence-electron chi connectivity index (χ4n) is 8.24. The van der Waals surface area contributed by atoms with Gasteiger partial charge in [-0.2, -0.15) is 0 Å². The molecule has 1 atom stereocenters. The Bertz CT molecular complexity index is 1220. The molecule has 3 heteroatoms. The molecular weight excluding hydrogens is 510 g/mol. The lowest BCUT2D eigenvalue weighted by Gasteiger charge is -2.49. The number of anilines is 1. The minimum atomic E-state index is 0.0963. The van der Waals surface area contributed by atoms with Gasteiger partial charge in [0.2, 0.25) is 0 Å². The van der Waals surface area contributed by atoms with E-state index in [9.17, 15) is 4.79 Å². The minimum absolute atomic E-state index is 0.0963. The summed E-state index contributed by atoms with van der Waals surface area (Å²) in [5, 5.41) is 4.69. The van der Waals surface area contributed by atoms with Crippen LogP contribution in [0.15, 0.2) is 65.8 Å². The monoisotopic (exact) mass is 557 g/mol. The molecule has 0 bridgehead atoms. The number of unbranched alkanes of at least 4 members (excludes halogenated alkanes) is 1. The Morgan fingerprint density at radius 1 is 1.02 bits per heavy atom. The van der Waals surface area contributed by atoms with Gasteiger partial charge in [-0.15, -0.1) is 0 Å². The van der Waals surface area contributed by atoms with Crippen molar-refractivity contribution in [3.8, 4) is 0 Å². The summed E-state index contributed by atoms with van der Waals surface area (Å²) < 4.78 is 0. The fourth-order valence-corrected chi connectivity index (χ4v) is 8.43. The predicted octanol–water partition coefficient (Wildman–Crippen LogP) is 10.8. The molecule has 2 aromatic rings. The summed E-state index contributed by atoms with van der Waals surface area (Å²) in [5.41, 5.74) is 8.57. The van der Waals surface area contributed by atoms with E-state index in [-0.39, 0.29) is 11.0 Å². The molecule has 1 spiro atoms. The number of carbonyl (C=O) groups excluding carboxylic acids is 1. The number of fused-ring (bicyclic) bond motifs is 2. The number of rotatable bonds is 10. The Balaban J connectivity index is 1.31. The molecule has 3 aliphatic rings. The van der Waals surface area contributed by atoms with Gasteiger partial charge in [0, 0.05) is 21.8 Å². The average molecular weight is 558 g/mol. The minimum Gasteiger partial charge on any atom is -0.380 e. The Labute approximate surface area is 247 Å². The van der Waals surface area contributed by atoms with Crippen molar-refractivity contribution in [2.75, 3.05) is 5.32 Å². The summed E-state index contributed by atoms with van der Waals surface area (Å²) >= 11 is 6.32. The molecule has 0 heterocycles. The molecule has 2 aromatic carbocycles. The number of aldehydes is 1. The number of nitrogens with one attached hydrogen (secondary N) is 1. The van der Waals surface area contributed by atoms with Crippen LogP contribution in [0.1, 0.15) is 125 Å². The van der Waals surface area contributed by atoms with Crippen LogP contribution in [0.25, 0.3) is 0 Å². The lowest BCUT2D eigenvalue weighted by Crippen LogP contribution is -2.47. The number of halogens is 1. The van der Waals surface area contributed by atoms with Gasteiger partial charge in [0.15, 0.2) is 0 Å². The van der Waals surface area contributed by atoms with Crippen LogP contribution in [-0.4, -0.2) is 11.8 Å². The van der Waals surface area contributed by atoms with Crippen LogP contribution >= 0.6 is 11.6 Å². The van der Waals surface area contributed by atoms with Crippen molar-refractivity contribution >= 4 is 23.6 Å². The maximum atomic E-state index is 11.8. The smallest absolute Gasteiger partial charge is 0.150 e. The van der Waals surface area contributed by atoms with Crippen molar-refractivity contribution in [2.45, 2.75) is 121 Å². The molecular formula is C37H48ClNO. The standard InChI is InChI=1S/C37H48ClNO/c1-3-11-29(30-12-6-5-7-13-30)14-8-9-15-32-25-31-19-18-28(27-40)24-35(31)37(32)22-20-36(4-2,21-23-37)39-34-17-10-16-33(38)26-34/h3,10-11,16-19,24,26-27,32,39H,4-9,12-15,20-23,25H2,1-2H3/b11-3-. The number of hydrogen-bond acceptors (Lipinski definition) is 2. The molecule has 0 amide bonds. The first-order chi connectivity index (χ1) is 19.5. The quantitative estimate of drug-likeness (QED) is 0.232. The van der Waals surface area contributed by atoms with E-state index in [2.05, 4.69) is 55.6 Å². The highest BCUT2D eigenvalue weighted by Gasteiger charge is 2.50. The highest BCUT2D eigenvalue weighted by molar-refractivity contribution is 6.30. The zero-order chi connectivity index (χ0) is 28.0. The molecule has 2 fully saturated rings. The summed E-state index contributed by atoms with van der Waals surface area (Å²) in [4.78, 5) is 11.8. The van der Waals surface area contributed by atoms with Gasteiger partial charge in [-0.05, 0) is 143 Å². The first kappa shape index (κ1) is 29.2. The second-order valence-electron chi connectivity index (χ2n) is 12.8. The zero-order valence-corrected chi connectivity index (χ0v) is 25.5. The van der Waals surface area contributed by atoms with Crippen molar-refractivity contribution in [2.24, 2.45) is 5.92 Å². The lowest BCUT2D eigenvalue weighted by molar-refractivity contribution is 0.112. The van der Waals surface area contributed by atoms with Crippen molar-refractivity contribution < 1.29 is 4.79 Å². The molecule has 40 heavy (non-hydrogen) atoms. The van der Waals surface area contributed by atoms with Crippen LogP contribution in [0.3, 0.4) is 0 Å². The third-order valence-corrected chi connectivity index (χ3v) is 10.8. The summed E-state index contributed by atoms with van der Waals surface area (Å²) in [6.45, 7) is 4.49. The van der Waals surface area contributed by atoms with Gasteiger partial charge in [-0.25, -0.2) is 0 Å². The van der Waals surface area contributed by atoms with Crippen molar-refractivity contribution in [1.82, 2.24) is 0 Å². The van der Waals surface area contributed by atoms with E-state index < -0.39 is 0 Å². The maximum Gasteiger partial charge on any atom is 0.150 e.